The number of hydrogen-bond acceptors (Lipinski definition) is 7. The van der Waals surface area contributed by atoms with Crippen LogP contribution in [0.1, 0.15) is 40.1 Å². The van der Waals surface area contributed by atoms with E-state index in [1.54, 1.807) is 18.3 Å². The van der Waals surface area contributed by atoms with Gasteiger partial charge in [-0.3, -0.25) is 9.89 Å². The van der Waals surface area contributed by atoms with E-state index in [0.717, 1.165) is 29.4 Å². The number of H-pyrrole nitrogens is 1. The summed E-state index contributed by atoms with van der Waals surface area (Å²) in [7, 11) is 0. The van der Waals surface area contributed by atoms with E-state index in [2.05, 4.69) is 25.7 Å². The summed E-state index contributed by atoms with van der Waals surface area (Å²) in [5.74, 6) is 2.10. The second-order valence-corrected chi connectivity index (χ2v) is 7.49. The highest BCUT2D eigenvalue weighted by atomic mass is 32.2. The zero-order valence-electron chi connectivity index (χ0n) is 16.0. The lowest BCUT2D eigenvalue weighted by molar-refractivity contribution is 0.0950. The Morgan fingerprint density at radius 1 is 1.43 bits per heavy atom. The molecule has 3 rings (SSSR count). The molecule has 0 unspecified atom stereocenters. The summed E-state index contributed by atoms with van der Waals surface area (Å²) in [5.41, 5.74) is 2.44. The van der Waals surface area contributed by atoms with E-state index in [-0.39, 0.29) is 5.91 Å². The smallest absolute Gasteiger partial charge is 0.254 e. The Labute approximate surface area is 172 Å². The van der Waals surface area contributed by atoms with Gasteiger partial charge in [-0.15, -0.1) is 11.8 Å². The average molecular weight is 419 g/mol. The molecule has 0 atom stereocenters. The summed E-state index contributed by atoms with van der Waals surface area (Å²) >= 11 is 6.68. The van der Waals surface area contributed by atoms with Gasteiger partial charge in [0.25, 0.3) is 5.91 Å². The van der Waals surface area contributed by atoms with Crippen LogP contribution in [0.3, 0.4) is 0 Å². The molecule has 0 saturated carbocycles. The van der Waals surface area contributed by atoms with Crippen LogP contribution < -0.4 is 5.32 Å². The Morgan fingerprint density at radius 2 is 2.25 bits per heavy atom. The van der Waals surface area contributed by atoms with Crippen LogP contribution in [-0.4, -0.2) is 37.4 Å². The summed E-state index contributed by atoms with van der Waals surface area (Å²) < 4.78 is 7.70. The van der Waals surface area contributed by atoms with Gasteiger partial charge >= 0.3 is 0 Å². The number of rotatable bonds is 8. The van der Waals surface area contributed by atoms with Gasteiger partial charge in [0.15, 0.2) is 4.77 Å². The SMILES string of the molecule is CCn1c(CCNC(=O)c2cccnc2SCc2c(C)noc2C)n[nH]c1=S. The number of aryl methyl sites for hydroxylation is 2. The van der Waals surface area contributed by atoms with Gasteiger partial charge in [-0.05, 0) is 45.1 Å². The van der Waals surface area contributed by atoms with Gasteiger partial charge in [0.1, 0.15) is 16.6 Å². The topological polar surface area (TPSA) is 102 Å². The van der Waals surface area contributed by atoms with Crippen LogP contribution in [-0.2, 0) is 18.7 Å². The van der Waals surface area contributed by atoms with Gasteiger partial charge in [-0.25, -0.2) is 4.98 Å². The Kier molecular flexibility index (Phi) is 6.63. The van der Waals surface area contributed by atoms with E-state index in [0.29, 0.717) is 34.1 Å². The summed E-state index contributed by atoms with van der Waals surface area (Å²) in [4.78, 5) is 17.0. The quantitative estimate of drug-likeness (QED) is 0.428. The molecule has 0 saturated heterocycles. The molecule has 0 fully saturated rings. The van der Waals surface area contributed by atoms with E-state index in [1.165, 1.54) is 11.8 Å². The molecule has 0 aliphatic heterocycles. The maximum Gasteiger partial charge on any atom is 0.254 e. The molecule has 0 aliphatic carbocycles. The van der Waals surface area contributed by atoms with Crippen molar-refractivity contribution in [2.24, 2.45) is 0 Å². The maximum absolute atomic E-state index is 12.7. The molecule has 2 N–H and O–H groups in total. The largest absolute Gasteiger partial charge is 0.361 e. The maximum atomic E-state index is 12.7. The second-order valence-electron chi connectivity index (χ2n) is 6.14. The van der Waals surface area contributed by atoms with Gasteiger partial charge in [-0.1, -0.05) is 5.16 Å². The highest BCUT2D eigenvalue weighted by molar-refractivity contribution is 7.98. The number of amides is 1. The van der Waals surface area contributed by atoms with E-state index >= 15 is 0 Å². The van der Waals surface area contributed by atoms with Crippen molar-refractivity contribution in [3.05, 3.63) is 51.5 Å². The minimum Gasteiger partial charge on any atom is -0.361 e. The number of aromatic nitrogens is 5. The lowest BCUT2D eigenvalue weighted by Gasteiger charge is -2.09. The normalized spacial score (nSPS) is 11.0. The van der Waals surface area contributed by atoms with Crippen LogP contribution >= 0.6 is 24.0 Å². The number of thioether (sulfide) groups is 1. The van der Waals surface area contributed by atoms with Gasteiger partial charge in [0.05, 0.1) is 11.3 Å². The van der Waals surface area contributed by atoms with Crippen molar-refractivity contribution in [2.45, 2.75) is 44.5 Å². The van der Waals surface area contributed by atoms with E-state index in [1.807, 2.05) is 25.3 Å². The van der Waals surface area contributed by atoms with Crippen molar-refractivity contribution in [2.75, 3.05) is 6.54 Å². The number of carbonyl (C=O) groups is 1. The summed E-state index contributed by atoms with van der Waals surface area (Å²) in [6.45, 7) is 6.99. The second kappa shape index (κ2) is 9.16. The predicted octanol–water partition coefficient (Wildman–Crippen LogP) is 3.23. The summed E-state index contributed by atoms with van der Waals surface area (Å²) in [6.07, 6.45) is 2.28. The van der Waals surface area contributed by atoms with Crippen LogP contribution in [0, 0.1) is 18.6 Å². The Balaban J connectivity index is 1.63. The highest BCUT2D eigenvalue weighted by Crippen LogP contribution is 2.27. The monoisotopic (exact) mass is 418 g/mol. The summed E-state index contributed by atoms with van der Waals surface area (Å²) in [5, 5.41) is 14.6. The lowest BCUT2D eigenvalue weighted by Crippen LogP contribution is -2.27. The highest BCUT2D eigenvalue weighted by Gasteiger charge is 2.15. The molecule has 28 heavy (non-hydrogen) atoms. The average Bonchev–Trinajstić information content (AvgIpc) is 3.21. The van der Waals surface area contributed by atoms with E-state index in [4.69, 9.17) is 16.7 Å². The van der Waals surface area contributed by atoms with Crippen LogP contribution in [0.2, 0.25) is 0 Å². The van der Waals surface area contributed by atoms with Gasteiger partial charge < -0.3 is 14.4 Å². The molecule has 0 aromatic carbocycles. The predicted molar refractivity (Wildman–Crippen MR) is 109 cm³/mol. The number of pyridine rings is 1. The van der Waals surface area contributed by atoms with Crippen molar-refractivity contribution in [3.8, 4) is 0 Å². The van der Waals surface area contributed by atoms with Crippen molar-refractivity contribution in [3.63, 3.8) is 0 Å². The van der Waals surface area contributed by atoms with E-state index in [9.17, 15) is 4.79 Å². The molecule has 148 valence electrons. The van der Waals surface area contributed by atoms with Crippen molar-refractivity contribution < 1.29 is 9.32 Å². The Morgan fingerprint density at radius 3 is 2.96 bits per heavy atom. The van der Waals surface area contributed by atoms with Crippen LogP contribution in [0.4, 0.5) is 0 Å². The standard InChI is InChI=1S/C18H22N6O2S2/c1-4-24-15(21-22-18(24)27)7-9-19-16(25)13-6-5-8-20-17(13)28-10-14-11(2)23-26-12(14)3/h5-6,8H,4,7,9-10H2,1-3H3,(H,19,25)(H,22,27). The number of nitrogens with zero attached hydrogens (tertiary/aromatic N) is 4. The van der Waals surface area contributed by atoms with Gasteiger partial charge in [0.2, 0.25) is 0 Å². The minimum absolute atomic E-state index is 0.161. The van der Waals surface area contributed by atoms with Crippen LogP contribution in [0.25, 0.3) is 0 Å². The van der Waals surface area contributed by atoms with Crippen LogP contribution in [0.5, 0.6) is 0 Å². The fourth-order valence-corrected chi connectivity index (χ4v) is 4.20. The fraction of sp³-hybridized carbons (Fsp3) is 0.389. The molecule has 3 aromatic rings. The molecule has 3 heterocycles. The molecule has 0 bridgehead atoms. The third-order valence-corrected chi connectivity index (χ3v) is 5.68. The van der Waals surface area contributed by atoms with Crippen molar-refractivity contribution in [1.82, 2.24) is 30.2 Å². The molecule has 0 aliphatic rings. The summed E-state index contributed by atoms with van der Waals surface area (Å²) in [6, 6.07) is 3.54. The molecular formula is C18H22N6O2S2. The van der Waals surface area contributed by atoms with E-state index < -0.39 is 0 Å². The number of carbonyl (C=O) groups excluding carboxylic acids is 1. The Hall–Kier alpha value is -2.46. The Bertz CT molecular complexity index is 1000. The number of nitrogens with one attached hydrogen (secondary N) is 2. The molecular weight excluding hydrogens is 396 g/mol. The fourth-order valence-electron chi connectivity index (χ4n) is 2.78. The molecule has 3 aromatic heterocycles. The first-order valence-corrected chi connectivity index (χ1v) is 10.3. The van der Waals surface area contributed by atoms with Crippen molar-refractivity contribution >= 4 is 29.9 Å². The lowest BCUT2D eigenvalue weighted by atomic mass is 10.2. The van der Waals surface area contributed by atoms with Gasteiger partial charge in [-0.2, -0.15) is 5.10 Å². The molecule has 8 nitrogen and oxygen atoms in total. The zero-order chi connectivity index (χ0) is 20.1. The molecule has 0 spiro atoms. The molecule has 10 heteroatoms. The molecule has 0 radical (unpaired) electrons. The number of hydrogen-bond donors (Lipinski definition) is 2. The van der Waals surface area contributed by atoms with Crippen LogP contribution in [0.15, 0.2) is 27.9 Å². The first-order chi connectivity index (χ1) is 13.5. The third-order valence-electron chi connectivity index (χ3n) is 4.34. The molecule has 1 amide bonds. The van der Waals surface area contributed by atoms with Crippen molar-refractivity contribution in [1.29, 1.82) is 0 Å². The van der Waals surface area contributed by atoms with Gasteiger partial charge in [0, 0.05) is 37.0 Å². The first-order valence-electron chi connectivity index (χ1n) is 8.93. The zero-order valence-corrected chi connectivity index (χ0v) is 17.6. The third kappa shape index (κ3) is 4.50. The minimum atomic E-state index is -0.161. The first kappa shape index (κ1) is 20.3. The number of aromatic amines is 1.